The monoisotopic (exact) mass is 409 g/mol. The van der Waals surface area contributed by atoms with Crippen molar-refractivity contribution in [3.05, 3.63) is 44.4 Å². The topological polar surface area (TPSA) is 82.6 Å². The average Bonchev–Trinajstić information content (AvgIpc) is 3.02. The number of carbonyl (C=O) groups is 3. The number of rotatable bonds is 9. The highest BCUT2D eigenvalue weighted by Crippen LogP contribution is 2.29. The Balaban J connectivity index is 2.16. The Labute approximate surface area is 166 Å². The molecular formula is C19H20ClNO5S. The Kier molecular flexibility index (Phi) is 7.50. The van der Waals surface area contributed by atoms with Gasteiger partial charge in [0.25, 0.3) is 0 Å². The van der Waals surface area contributed by atoms with Crippen molar-refractivity contribution in [3.63, 3.8) is 0 Å². The largest absolute Gasteiger partial charge is 0.496 e. The van der Waals surface area contributed by atoms with Gasteiger partial charge in [-0.1, -0.05) is 11.6 Å². The number of esters is 1. The van der Waals surface area contributed by atoms with Crippen LogP contribution in [-0.2, 0) is 33.6 Å². The predicted octanol–water partition coefficient (Wildman–Crippen LogP) is 3.47. The van der Waals surface area contributed by atoms with Crippen LogP contribution in [0.15, 0.2) is 17.5 Å². The van der Waals surface area contributed by atoms with Gasteiger partial charge in [0, 0.05) is 16.8 Å². The molecule has 0 unspecified atom stereocenters. The third kappa shape index (κ3) is 5.87. The fourth-order valence-corrected chi connectivity index (χ4v) is 3.51. The summed E-state index contributed by atoms with van der Waals surface area (Å²) in [6.45, 7) is 3.52. The van der Waals surface area contributed by atoms with Crippen LogP contribution in [0.2, 0.25) is 5.02 Å². The number of ketones is 2. The molecule has 6 nitrogen and oxygen atoms in total. The van der Waals surface area contributed by atoms with E-state index in [2.05, 4.69) is 4.98 Å². The molecule has 1 aromatic heterocycles. The zero-order valence-corrected chi connectivity index (χ0v) is 16.9. The van der Waals surface area contributed by atoms with Crippen LogP contribution in [0.25, 0.3) is 0 Å². The lowest BCUT2D eigenvalue weighted by atomic mass is 10.0. The van der Waals surface area contributed by atoms with Crippen molar-refractivity contribution in [2.24, 2.45) is 0 Å². The molecule has 1 aromatic carbocycles. The van der Waals surface area contributed by atoms with Crippen LogP contribution < -0.4 is 4.74 Å². The minimum Gasteiger partial charge on any atom is -0.496 e. The number of carbonyl (C=O) groups excluding carboxylic acids is 3. The van der Waals surface area contributed by atoms with Gasteiger partial charge in [0.2, 0.25) is 0 Å². The highest BCUT2D eigenvalue weighted by Gasteiger charge is 2.19. The van der Waals surface area contributed by atoms with Crippen molar-refractivity contribution in [2.45, 2.75) is 33.1 Å². The van der Waals surface area contributed by atoms with Gasteiger partial charge < -0.3 is 9.47 Å². The minimum absolute atomic E-state index is 0.0325. The van der Waals surface area contributed by atoms with E-state index < -0.39 is 0 Å². The second-order valence-electron chi connectivity index (χ2n) is 5.84. The minimum atomic E-state index is -0.352. The van der Waals surface area contributed by atoms with Crippen LogP contribution in [-0.4, -0.2) is 36.2 Å². The highest BCUT2D eigenvalue weighted by atomic mass is 35.5. The van der Waals surface area contributed by atoms with Gasteiger partial charge in [-0.3, -0.25) is 14.4 Å². The molecule has 0 saturated heterocycles. The van der Waals surface area contributed by atoms with E-state index in [4.69, 9.17) is 21.1 Å². The number of Topliss-reactive ketones (excluding diaryl/α,β-unsaturated/α-hetero) is 2. The summed E-state index contributed by atoms with van der Waals surface area (Å²) in [6.07, 6.45) is 0.313. The number of nitrogens with zero attached hydrogens (tertiary/aromatic N) is 1. The normalized spacial score (nSPS) is 10.5. The number of hydrogen-bond acceptors (Lipinski definition) is 7. The summed E-state index contributed by atoms with van der Waals surface area (Å²) in [5.41, 5.74) is 1.52. The molecule has 0 aliphatic rings. The lowest BCUT2D eigenvalue weighted by Crippen LogP contribution is -2.09. The van der Waals surface area contributed by atoms with Crippen molar-refractivity contribution in [3.8, 4) is 5.75 Å². The Morgan fingerprint density at radius 3 is 2.56 bits per heavy atom. The van der Waals surface area contributed by atoms with Crippen molar-refractivity contribution in [1.82, 2.24) is 4.98 Å². The zero-order valence-electron chi connectivity index (χ0n) is 15.3. The molecule has 0 saturated carbocycles. The summed E-state index contributed by atoms with van der Waals surface area (Å²) in [7, 11) is 1.46. The van der Waals surface area contributed by atoms with Gasteiger partial charge in [0.1, 0.15) is 16.5 Å². The number of ether oxygens (including phenoxy) is 2. The van der Waals surface area contributed by atoms with Gasteiger partial charge in [-0.2, -0.15) is 0 Å². The van der Waals surface area contributed by atoms with E-state index in [9.17, 15) is 14.4 Å². The van der Waals surface area contributed by atoms with E-state index in [1.54, 1.807) is 18.4 Å². The van der Waals surface area contributed by atoms with Crippen molar-refractivity contribution in [1.29, 1.82) is 0 Å². The van der Waals surface area contributed by atoms with Crippen LogP contribution in [0.3, 0.4) is 0 Å². The van der Waals surface area contributed by atoms with Gasteiger partial charge in [0.15, 0.2) is 5.78 Å². The maximum atomic E-state index is 12.7. The smallest absolute Gasteiger partial charge is 0.311 e. The predicted molar refractivity (Wildman–Crippen MR) is 103 cm³/mol. The SMILES string of the molecule is CCOC(=O)Cc1csc(CC(=O)c2cc(Cl)c(CC(C)=O)cc2OC)n1. The summed E-state index contributed by atoms with van der Waals surface area (Å²) < 4.78 is 10.2. The standard InChI is InChI=1S/C19H20ClNO5S/c1-4-26-19(24)7-13-10-27-18(21-13)9-16(23)14-8-15(20)12(5-11(2)22)6-17(14)25-3/h6,8,10H,4-5,7,9H2,1-3H3. The molecule has 8 heteroatoms. The molecule has 144 valence electrons. The molecule has 0 atom stereocenters. The van der Waals surface area contributed by atoms with Gasteiger partial charge in [-0.15, -0.1) is 11.3 Å². The summed E-state index contributed by atoms with van der Waals surface area (Å²) in [6, 6.07) is 3.14. The third-order valence-electron chi connectivity index (χ3n) is 3.65. The molecule has 0 amide bonds. The second-order valence-corrected chi connectivity index (χ2v) is 7.19. The van der Waals surface area contributed by atoms with Crippen molar-refractivity contribution < 1.29 is 23.9 Å². The lowest BCUT2D eigenvalue weighted by Gasteiger charge is -2.11. The molecule has 1 heterocycles. The number of thiazole rings is 1. The Morgan fingerprint density at radius 1 is 1.19 bits per heavy atom. The maximum Gasteiger partial charge on any atom is 0.311 e. The molecule has 27 heavy (non-hydrogen) atoms. The number of benzene rings is 1. The van der Waals surface area contributed by atoms with E-state index in [-0.39, 0.29) is 36.8 Å². The van der Waals surface area contributed by atoms with Crippen LogP contribution in [0.4, 0.5) is 0 Å². The number of halogens is 1. The summed E-state index contributed by atoms with van der Waals surface area (Å²) in [5.74, 6) is -0.228. The molecule has 0 aliphatic carbocycles. The summed E-state index contributed by atoms with van der Waals surface area (Å²) in [4.78, 5) is 39.8. The molecule has 0 N–H and O–H groups in total. The summed E-state index contributed by atoms with van der Waals surface area (Å²) >= 11 is 7.52. The van der Waals surface area contributed by atoms with E-state index in [1.807, 2.05) is 0 Å². The number of aromatic nitrogens is 1. The quantitative estimate of drug-likeness (QED) is 0.466. The van der Waals surface area contributed by atoms with Gasteiger partial charge >= 0.3 is 5.97 Å². The molecule has 0 spiro atoms. The average molecular weight is 410 g/mol. The number of hydrogen-bond donors (Lipinski definition) is 0. The molecule has 0 fully saturated rings. The van der Waals surface area contributed by atoms with Gasteiger partial charge in [-0.05, 0) is 31.5 Å². The highest BCUT2D eigenvalue weighted by molar-refractivity contribution is 7.09. The first-order valence-electron chi connectivity index (χ1n) is 8.32. The van der Waals surface area contributed by atoms with Gasteiger partial charge in [0.05, 0.1) is 37.8 Å². The van der Waals surface area contributed by atoms with Crippen molar-refractivity contribution >= 4 is 40.5 Å². The van der Waals surface area contributed by atoms with Crippen LogP contribution in [0.5, 0.6) is 5.75 Å². The van der Waals surface area contributed by atoms with E-state index in [0.717, 1.165) is 0 Å². The Hall–Kier alpha value is -2.25. The zero-order chi connectivity index (χ0) is 20.0. The second kappa shape index (κ2) is 9.62. The first kappa shape index (κ1) is 21.1. The van der Waals surface area contributed by atoms with Gasteiger partial charge in [-0.25, -0.2) is 4.98 Å². The molecule has 0 bridgehead atoms. The first-order valence-corrected chi connectivity index (χ1v) is 9.57. The van der Waals surface area contributed by atoms with Crippen LogP contribution >= 0.6 is 22.9 Å². The molecule has 0 aliphatic heterocycles. The van der Waals surface area contributed by atoms with Crippen LogP contribution in [0.1, 0.15) is 40.5 Å². The summed E-state index contributed by atoms with van der Waals surface area (Å²) in [5, 5.41) is 2.67. The number of methoxy groups -OCH3 is 1. The molecular weight excluding hydrogens is 390 g/mol. The third-order valence-corrected chi connectivity index (χ3v) is 4.90. The lowest BCUT2D eigenvalue weighted by molar-refractivity contribution is -0.142. The fraction of sp³-hybridized carbons (Fsp3) is 0.368. The molecule has 0 radical (unpaired) electrons. The van der Waals surface area contributed by atoms with Crippen LogP contribution in [0, 0.1) is 0 Å². The molecule has 2 rings (SSSR count). The van der Waals surface area contributed by atoms with Crippen molar-refractivity contribution in [2.75, 3.05) is 13.7 Å². The Morgan fingerprint density at radius 2 is 1.93 bits per heavy atom. The van der Waals surface area contributed by atoms with E-state index >= 15 is 0 Å². The fourth-order valence-electron chi connectivity index (χ4n) is 2.49. The van der Waals surface area contributed by atoms with E-state index in [1.165, 1.54) is 31.4 Å². The first-order chi connectivity index (χ1) is 12.8. The maximum absolute atomic E-state index is 12.7. The Bertz CT molecular complexity index is 862. The molecule has 2 aromatic rings. The van der Waals surface area contributed by atoms with E-state index in [0.29, 0.717) is 39.2 Å².